The zero-order valence-electron chi connectivity index (χ0n) is 11.4. The summed E-state index contributed by atoms with van der Waals surface area (Å²) in [6, 6.07) is 3.46. The van der Waals surface area contributed by atoms with E-state index in [1.807, 2.05) is 0 Å². The van der Waals surface area contributed by atoms with E-state index < -0.39 is 33.9 Å². The molecule has 116 valence electrons. The lowest BCUT2D eigenvalue weighted by molar-refractivity contribution is -0.138. The molecule has 0 saturated carbocycles. The third-order valence-corrected chi connectivity index (χ3v) is 4.37. The molecule has 0 radical (unpaired) electrons. The standard InChI is InChI=1S/C12H15ClN2O5S/c1-12(2,6-10(16)17)15-21(19,20)9-4-7(11(14)18)3-8(13)5-9/h3-5,15H,6H2,1-2H3,(H2,14,18)(H,16,17). The second-order valence-corrected chi connectivity index (χ2v) is 7.22. The minimum atomic E-state index is -4.05. The maximum Gasteiger partial charge on any atom is 0.305 e. The molecule has 7 nitrogen and oxygen atoms in total. The van der Waals surface area contributed by atoms with Gasteiger partial charge in [-0.25, -0.2) is 13.1 Å². The summed E-state index contributed by atoms with van der Waals surface area (Å²) in [5.74, 6) is -1.97. The van der Waals surface area contributed by atoms with E-state index in [1.165, 1.54) is 19.9 Å². The van der Waals surface area contributed by atoms with Gasteiger partial charge in [-0.3, -0.25) is 9.59 Å². The molecule has 0 aliphatic carbocycles. The Balaban J connectivity index is 3.19. The molecule has 1 rings (SSSR count). The van der Waals surface area contributed by atoms with Crippen LogP contribution in [0.3, 0.4) is 0 Å². The van der Waals surface area contributed by atoms with Gasteiger partial charge in [-0.1, -0.05) is 11.6 Å². The summed E-state index contributed by atoms with van der Waals surface area (Å²) in [6.07, 6.45) is -0.407. The molecule has 9 heteroatoms. The number of rotatable bonds is 6. The fourth-order valence-electron chi connectivity index (χ4n) is 1.70. The van der Waals surface area contributed by atoms with Gasteiger partial charge in [0, 0.05) is 16.1 Å². The highest BCUT2D eigenvalue weighted by atomic mass is 35.5. The van der Waals surface area contributed by atoms with Crippen LogP contribution in [0, 0.1) is 0 Å². The van der Waals surface area contributed by atoms with Gasteiger partial charge in [0.1, 0.15) is 0 Å². The average Bonchev–Trinajstić information content (AvgIpc) is 2.24. The lowest BCUT2D eigenvalue weighted by Gasteiger charge is -2.24. The molecule has 4 N–H and O–H groups in total. The van der Waals surface area contributed by atoms with Gasteiger partial charge in [0.2, 0.25) is 15.9 Å². The van der Waals surface area contributed by atoms with Gasteiger partial charge < -0.3 is 10.8 Å². The van der Waals surface area contributed by atoms with E-state index in [1.54, 1.807) is 0 Å². The molecule has 0 fully saturated rings. The Bertz CT molecular complexity index is 685. The van der Waals surface area contributed by atoms with Crippen LogP contribution in [0.4, 0.5) is 0 Å². The highest BCUT2D eigenvalue weighted by Crippen LogP contribution is 2.21. The quantitative estimate of drug-likeness (QED) is 0.714. The van der Waals surface area contributed by atoms with Crippen molar-refractivity contribution in [2.24, 2.45) is 5.73 Å². The topological polar surface area (TPSA) is 127 Å². The number of hydrogen-bond donors (Lipinski definition) is 3. The van der Waals surface area contributed by atoms with Crippen molar-refractivity contribution < 1.29 is 23.1 Å². The number of hydrogen-bond acceptors (Lipinski definition) is 4. The van der Waals surface area contributed by atoms with Crippen LogP contribution < -0.4 is 10.5 Å². The minimum absolute atomic E-state index is 0.0303. The molecule has 1 amide bonds. The third-order valence-electron chi connectivity index (χ3n) is 2.47. The van der Waals surface area contributed by atoms with E-state index in [0.717, 1.165) is 12.1 Å². The SMILES string of the molecule is CC(C)(CC(=O)O)NS(=O)(=O)c1cc(Cl)cc(C(N)=O)c1. The molecule has 0 aliphatic heterocycles. The number of amides is 1. The summed E-state index contributed by atoms with van der Waals surface area (Å²) in [6.45, 7) is 2.86. The van der Waals surface area contributed by atoms with Crippen molar-refractivity contribution in [1.82, 2.24) is 4.72 Å². The molecule has 0 heterocycles. The molecular formula is C12H15ClN2O5S. The Morgan fingerprint density at radius 3 is 2.38 bits per heavy atom. The predicted molar refractivity (Wildman–Crippen MR) is 76.6 cm³/mol. The zero-order valence-corrected chi connectivity index (χ0v) is 13.0. The van der Waals surface area contributed by atoms with Crippen molar-refractivity contribution in [3.63, 3.8) is 0 Å². The van der Waals surface area contributed by atoms with E-state index in [4.69, 9.17) is 22.4 Å². The third kappa shape index (κ3) is 5.00. The molecule has 0 saturated heterocycles. The van der Waals surface area contributed by atoms with Gasteiger partial charge in [0.05, 0.1) is 11.3 Å². The summed E-state index contributed by atoms with van der Waals surface area (Å²) >= 11 is 5.76. The van der Waals surface area contributed by atoms with Crippen molar-refractivity contribution >= 4 is 33.5 Å². The maximum atomic E-state index is 12.2. The molecule has 0 spiro atoms. The Morgan fingerprint density at radius 1 is 1.33 bits per heavy atom. The van der Waals surface area contributed by atoms with Crippen molar-refractivity contribution in [2.45, 2.75) is 30.7 Å². The molecule has 0 bridgehead atoms. The van der Waals surface area contributed by atoms with Gasteiger partial charge in [0.15, 0.2) is 0 Å². The van der Waals surface area contributed by atoms with Gasteiger partial charge in [0.25, 0.3) is 0 Å². The monoisotopic (exact) mass is 334 g/mol. The van der Waals surface area contributed by atoms with Crippen LogP contribution in [0.1, 0.15) is 30.6 Å². The maximum absolute atomic E-state index is 12.2. The van der Waals surface area contributed by atoms with Gasteiger partial charge in [-0.15, -0.1) is 0 Å². The van der Waals surface area contributed by atoms with Crippen LogP contribution in [0.5, 0.6) is 0 Å². The second-order valence-electron chi connectivity index (χ2n) is 5.10. The van der Waals surface area contributed by atoms with Gasteiger partial charge in [-0.05, 0) is 32.0 Å². The van der Waals surface area contributed by atoms with E-state index in [-0.39, 0.29) is 15.5 Å². The van der Waals surface area contributed by atoms with Crippen LogP contribution >= 0.6 is 11.6 Å². The minimum Gasteiger partial charge on any atom is -0.481 e. The van der Waals surface area contributed by atoms with E-state index in [2.05, 4.69) is 4.72 Å². The fraction of sp³-hybridized carbons (Fsp3) is 0.333. The molecule has 0 aliphatic rings. The van der Waals surface area contributed by atoms with Crippen LogP contribution in [-0.4, -0.2) is 30.9 Å². The molecule has 1 aromatic carbocycles. The molecule has 0 atom stereocenters. The number of carbonyl (C=O) groups is 2. The normalized spacial score (nSPS) is 12.1. The number of carboxylic acids is 1. The number of sulfonamides is 1. The van der Waals surface area contributed by atoms with Gasteiger partial charge >= 0.3 is 5.97 Å². The van der Waals surface area contributed by atoms with Crippen molar-refractivity contribution in [3.8, 4) is 0 Å². The van der Waals surface area contributed by atoms with E-state index >= 15 is 0 Å². The Labute approximate surface area is 127 Å². The molecule has 21 heavy (non-hydrogen) atoms. The fourth-order valence-corrected chi connectivity index (χ4v) is 3.48. The largest absolute Gasteiger partial charge is 0.481 e. The second kappa shape index (κ2) is 6.00. The zero-order chi connectivity index (χ0) is 16.4. The first-order chi connectivity index (χ1) is 9.43. The molecule has 0 unspecified atom stereocenters. The van der Waals surface area contributed by atoms with Crippen LogP contribution in [0.2, 0.25) is 5.02 Å². The molecule has 1 aromatic rings. The number of nitrogens with two attached hydrogens (primary N) is 1. The highest BCUT2D eigenvalue weighted by Gasteiger charge is 2.29. The summed E-state index contributed by atoms with van der Waals surface area (Å²) in [5, 5.41) is 8.79. The number of benzene rings is 1. The summed E-state index contributed by atoms with van der Waals surface area (Å²) in [5.41, 5.74) is 3.83. The number of nitrogens with one attached hydrogen (secondary N) is 1. The van der Waals surface area contributed by atoms with Crippen molar-refractivity contribution in [1.29, 1.82) is 0 Å². The van der Waals surface area contributed by atoms with E-state index in [9.17, 15) is 18.0 Å². The highest BCUT2D eigenvalue weighted by molar-refractivity contribution is 7.89. The van der Waals surface area contributed by atoms with Crippen molar-refractivity contribution in [2.75, 3.05) is 0 Å². The lowest BCUT2D eigenvalue weighted by Crippen LogP contribution is -2.44. The summed E-state index contributed by atoms with van der Waals surface area (Å²) in [7, 11) is -4.05. The number of halogens is 1. The Hall–Kier alpha value is -1.64. The summed E-state index contributed by atoms with van der Waals surface area (Å²) < 4.78 is 26.7. The van der Waals surface area contributed by atoms with Crippen LogP contribution in [0.25, 0.3) is 0 Å². The molecular weight excluding hydrogens is 320 g/mol. The number of primary amides is 1. The Kier molecular flexibility index (Phi) is 4.98. The van der Waals surface area contributed by atoms with Crippen LogP contribution in [0.15, 0.2) is 23.1 Å². The average molecular weight is 335 g/mol. The lowest BCUT2D eigenvalue weighted by atomic mass is 10.0. The predicted octanol–water partition coefficient (Wildman–Crippen LogP) is 0.971. The van der Waals surface area contributed by atoms with Gasteiger partial charge in [-0.2, -0.15) is 0 Å². The first-order valence-electron chi connectivity index (χ1n) is 5.79. The first kappa shape index (κ1) is 17.4. The number of carboxylic acid groups (broad SMARTS) is 1. The Morgan fingerprint density at radius 2 is 1.90 bits per heavy atom. The van der Waals surface area contributed by atoms with Crippen LogP contribution in [-0.2, 0) is 14.8 Å². The number of aliphatic carboxylic acids is 1. The smallest absolute Gasteiger partial charge is 0.305 e. The summed E-state index contributed by atoms with van der Waals surface area (Å²) in [4.78, 5) is 21.6. The molecule has 0 aromatic heterocycles. The first-order valence-corrected chi connectivity index (χ1v) is 7.65. The van der Waals surface area contributed by atoms with Crippen molar-refractivity contribution in [3.05, 3.63) is 28.8 Å². The van der Waals surface area contributed by atoms with E-state index in [0.29, 0.717) is 0 Å². The number of carbonyl (C=O) groups excluding carboxylic acids is 1.